The van der Waals surface area contributed by atoms with E-state index in [4.69, 9.17) is 0 Å². The zero-order valence-electron chi connectivity index (χ0n) is 9.59. The lowest BCUT2D eigenvalue weighted by molar-refractivity contribution is 0.616. The van der Waals surface area contributed by atoms with E-state index < -0.39 is 0 Å². The summed E-state index contributed by atoms with van der Waals surface area (Å²) in [6, 6.07) is 5.37. The molecule has 2 atom stereocenters. The van der Waals surface area contributed by atoms with Gasteiger partial charge in [-0.1, -0.05) is 0 Å². The Morgan fingerprint density at radius 1 is 1.50 bits per heavy atom. The minimum absolute atomic E-state index is 0.157. The van der Waals surface area contributed by atoms with Gasteiger partial charge in [-0.3, -0.25) is 0 Å². The van der Waals surface area contributed by atoms with Crippen LogP contribution in [0.4, 0.5) is 10.1 Å². The van der Waals surface area contributed by atoms with E-state index >= 15 is 0 Å². The molecule has 2 unspecified atom stereocenters. The van der Waals surface area contributed by atoms with E-state index in [-0.39, 0.29) is 5.82 Å². The molecular weight excluding hydrogens is 223 g/mol. The standard InChI is InChI=1S/C12H17FN2S/c1-8-11(5-6-14-2)16-12-7-9(13)3-4-10(12)15-8/h3-4,7-8,11,14-15H,5-6H2,1-2H3. The van der Waals surface area contributed by atoms with E-state index in [2.05, 4.69) is 17.6 Å². The van der Waals surface area contributed by atoms with E-state index in [0.29, 0.717) is 11.3 Å². The number of benzene rings is 1. The second-order valence-electron chi connectivity index (χ2n) is 4.12. The molecule has 1 aliphatic rings. The van der Waals surface area contributed by atoms with E-state index in [1.165, 1.54) is 6.07 Å². The third-order valence-corrected chi connectivity index (χ3v) is 4.38. The second kappa shape index (κ2) is 5.06. The summed E-state index contributed by atoms with van der Waals surface area (Å²) in [5.74, 6) is -0.157. The molecule has 0 aromatic heterocycles. The van der Waals surface area contributed by atoms with Gasteiger partial charge in [-0.05, 0) is 45.1 Å². The van der Waals surface area contributed by atoms with Crippen LogP contribution in [0.25, 0.3) is 0 Å². The van der Waals surface area contributed by atoms with E-state index in [1.54, 1.807) is 17.8 Å². The molecule has 16 heavy (non-hydrogen) atoms. The van der Waals surface area contributed by atoms with Crippen LogP contribution in [0.1, 0.15) is 13.3 Å². The van der Waals surface area contributed by atoms with Crippen molar-refractivity contribution in [1.82, 2.24) is 5.32 Å². The Kier molecular flexibility index (Phi) is 3.71. The predicted molar refractivity (Wildman–Crippen MR) is 67.7 cm³/mol. The van der Waals surface area contributed by atoms with Gasteiger partial charge in [-0.2, -0.15) is 0 Å². The summed E-state index contributed by atoms with van der Waals surface area (Å²) < 4.78 is 13.1. The fourth-order valence-corrected chi connectivity index (χ4v) is 3.18. The minimum Gasteiger partial charge on any atom is -0.381 e. The van der Waals surface area contributed by atoms with Gasteiger partial charge in [-0.15, -0.1) is 11.8 Å². The molecule has 0 fully saturated rings. The van der Waals surface area contributed by atoms with Crippen LogP contribution < -0.4 is 10.6 Å². The maximum Gasteiger partial charge on any atom is 0.124 e. The zero-order valence-corrected chi connectivity index (χ0v) is 10.4. The Morgan fingerprint density at radius 2 is 2.31 bits per heavy atom. The smallest absolute Gasteiger partial charge is 0.124 e. The van der Waals surface area contributed by atoms with Gasteiger partial charge in [0.1, 0.15) is 5.82 Å². The zero-order chi connectivity index (χ0) is 11.5. The van der Waals surface area contributed by atoms with Crippen molar-refractivity contribution < 1.29 is 4.39 Å². The molecule has 0 radical (unpaired) electrons. The first-order valence-corrected chi connectivity index (χ1v) is 6.46. The average molecular weight is 240 g/mol. The highest BCUT2D eigenvalue weighted by molar-refractivity contribution is 8.00. The number of hydrogen-bond acceptors (Lipinski definition) is 3. The minimum atomic E-state index is -0.157. The van der Waals surface area contributed by atoms with E-state index in [1.807, 2.05) is 13.1 Å². The molecule has 2 N–H and O–H groups in total. The molecule has 1 aliphatic heterocycles. The number of fused-ring (bicyclic) bond motifs is 1. The van der Waals surface area contributed by atoms with Crippen LogP contribution in [0.15, 0.2) is 23.1 Å². The number of thioether (sulfide) groups is 1. The highest BCUT2D eigenvalue weighted by Crippen LogP contribution is 2.39. The maximum atomic E-state index is 13.1. The van der Waals surface area contributed by atoms with Gasteiger partial charge in [0.2, 0.25) is 0 Å². The average Bonchev–Trinajstić information content (AvgIpc) is 2.27. The van der Waals surface area contributed by atoms with Crippen molar-refractivity contribution >= 4 is 17.4 Å². The van der Waals surface area contributed by atoms with Crippen molar-refractivity contribution in [2.75, 3.05) is 18.9 Å². The molecule has 0 spiro atoms. The fourth-order valence-electron chi connectivity index (χ4n) is 1.91. The maximum absolute atomic E-state index is 13.1. The van der Waals surface area contributed by atoms with Crippen molar-refractivity contribution in [3.05, 3.63) is 24.0 Å². The Bertz CT molecular complexity index is 370. The lowest BCUT2D eigenvalue weighted by atomic mass is 10.1. The molecule has 88 valence electrons. The van der Waals surface area contributed by atoms with Gasteiger partial charge >= 0.3 is 0 Å². The second-order valence-corrected chi connectivity index (χ2v) is 5.40. The molecule has 0 aliphatic carbocycles. The summed E-state index contributed by atoms with van der Waals surface area (Å²) in [7, 11) is 1.96. The number of nitrogens with one attached hydrogen (secondary N) is 2. The van der Waals surface area contributed by atoms with Crippen molar-refractivity contribution in [1.29, 1.82) is 0 Å². The molecule has 1 aromatic rings. The Labute approximate surface area is 100 Å². The molecule has 2 nitrogen and oxygen atoms in total. The first kappa shape index (κ1) is 11.7. The van der Waals surface area contributed by atoms with Crippen LogP contribution in [0.3, 0.4) is 0 Å². The van der Waals surface area contributed by atoms with Crippen LogP contribution in [-0.4, -0.2) is 24.9 Å². The molecule has 0 saturated carbocycles. The van der Waals surface area contributed by atoms with Gasteiger partial charge in [0.05, 0.1) is 0 Å². The summed E-state index contributed by atoms with van der Waals surface area (Å²) in [4.78, 5) is 1.03. The Hall–Kier alpha value is -0.740. The van der Waals surface area contributed by atoms with Crippen molar-refractivity contribution in [2.45, 2.75) is 29.5 Å². The number of anilines is 1. The van der Waals surface area contributed by atoms with Crippen LogP contribution in [-0.2, 0) is 0 Å². The van der Waals surface area contributed by atoms with Gasteiger partial charge < -0.3 is 10.6 Å². The molecule has 0 amide bonds. The molecule has 0 bridgehead atoms. The third-order valence-electron chi connectivity index (χ3n) is 2.84. The summed E-state index contributed by atoms with van der Waals surface area (Å²) in [6.45, 7) is 3.17. The van der Waals surface area contributed by atoms with Gasteiger partial charge in [0, 0.05) is 21.9 Å². The summed E-state index contributed by atoms with van der Waals surface area (Å²) in [5, 5.41) is 7.09. The van der Waals surface area contributed by atoms with Gasteiger partial charge in [0.15, 0.2) is 0 Å². The predicted octanol–water partition coefficient (Wildman–Crippen LogP) is 2.71. The normalized spacial score (nSPS) is 23.7. The van der Waals surface area contributed by atoms with E-state index in [0.717, 1.165) is 23.5 Å². The molecule has 0 saturated heterocycles. The summed E-state index contributed by atoms with van der Waals surface area (Å²) >= 11 is 1.78. The molecule has 2 rings (SSSR count). The van der Waals surface area contributed by atoms with Crippen molar-refractivity contribution in [3.63, 3.8) is 0 Å². The molecule has 1 heterocycles. The highest BCUT2D eigenvalue weighted by Gasteiger charge is 2.25. The summed E-state index contributed by atoms with van der Waals surface area (Å²) in [5.41, 5.74) is 1.06. The van der Waals surface area contributed by atoms with Crippen molar-refractivity contribution in [3.8, 4) is 0 Å². The lowest BCUT2D eigenvalue weighted by Gasteiger charge is -2.31. The largest absolute Gasteiger partial charge is 0.381 e. The van der Waals surface area contributed by atoms with Crippen LogP contribution in [0.5, 0.6) is 0 Å². The van der Waals surface area contributed by atoms with Crippen LogP contribution in [0.2, 0.25) is 0 Å². The Balaban J connectivity index is 2.13. The van der Waals surface area contributed by atoms with Gasteiger partial charge in [-0.25, -0.2) is 4.39 Å². The quantitative estimate of drug-likeness (QED) is 0.849. The van der Waals surface area contributed by atoms with Crippen LogP contribution >= 0.6 is 11.8 Å². The SMILES string of the molecule is CNCCC1Sc2cc(F)ccc2NC1C. The first-order valence-electron chi connectivity index (χ1n) is 5.58. The van der Waals surface area contributed by atoms with Gasteiger partial charge in [0.25, 0.3) is 0 Å². The Morgan fingerprint density at radius 3 is 3.06 bits per heavy atom. The number of hydrogen-bond donors (Lipinski definition) is 2. The molecule has 1 aromatic carbocycles. The number of halogens is 1. The molecular formula is C12H17FN2S. The number of rotatable bonds is 3. The van der Waals surface area contributed by atoms with E-state index in [9.17, 15) is 4.39 Å². The highest BCUT2D eigenvalue weighted by atomic mass is 32.2. The monoisotopic (exact) mass is 240 g/mol. The fraction of sp³-hybridized carbons (Fsp3) is 0.500. The molecule has 4 heteroatoms. The third kappa shape index (κ3) is 2.50. The van der Waals surface area contributed by atoms with Crippen molar-refractivity contribution in [2.24, 2.45) is 0 Å². The van der Waals surface area contributed by atoms with Crippen LogP contribution in [0, 0.1) is 5.82 Å². The topological polar surface area (TPSA) is 24.1 Å². The lowest BCUT2D eigenvalue weighted by Crippen LogP contribution is -2.33. The summed E-state index contributed by atoms with van der Waals surface area (Å²) in [6.07, 6.45) is 1.09. The first-order chi connectivity index (χ1) is 7.70.